The summed E-state index contributed by atoms with van der Waals surface area (Å²) in [6.45, 7) is 0. The third-order valence-corrected chi connectivity index (χ3v) is 3.02. The van der Waals surface area contributed by atoms with Gasteiger partial charge in [0, 0.05) is 6.20 Å². The maximum absolute atomic E-state index is 12.9. The van der Waals surface area contributed by atoms with E-state index in [2.05, 4.69) is 4.98 Å². The van der Waals surface area contributed by atoms with Crippen LogP contribution in [0.4, 0.5) is 4.39 Å². The summed E-state index contributed by atoms with van der Waals surface area (Å²) in [6, 6.07) is 8.15. The van der Waals surface area contributed by atoms with E-state index in [0.29, 0.717) is 10.3 Å². The van der Waals surface area contributed by atoms with E-state index in [4.69, 9.17) is 0 Å². The van der Waals surface area contributed by atoms with Gasteiger partial charge in [-0.2, -0.15) is 0 Å². The van der Waals surface area contributed by atoms with Crippen LogP contribution < -0.4 is 5.56 Å². The van der Waals surface area contributed by atoms with Crippen molar-refractivity contribution in [3.63, 3.8) is 0 Å². The van der Waals surface area contributed by atoms with E-state index in [0.717, 1.165) is 0 Å². The molecule has 0 saturated carbocycles. The molecule has 100 valence electrons. The Labute approximate surface area is 112 Å². The summed E-state index contributed by atoms with van der Waals surface area (Å²) in [5.74, 6) is -0.755. The van der Waals surface area contributed by atoms with Crippen LogP contribution in [-0.2, 0) is 0 Å². The molecule has 0 atom stereocenters. The number of pyridine rings is 2. The van der Waals surface area contributed by atoms with E-state index >= 15 is 0 Å². The highest BCUT2D eigenvalue weighted by Gasteiger charge is 2.18. The van der Waals surface area contributed by atoms with Gasteiger partial charge < -0.3 is 10.3 Å². The Morgan fingerprint density at radius 2 is 1.85 bits per heavy atom. The summed E-state index contributed by atoms with van der Waals surface area (Å²) in [6.07, 6.45) is 1.39. The number of aromatic hydroxyl groups is 1. The molecular weight excluding hydrogens is 263 g/mol. The first-order valence-electron chi connectivity index (χ1n) is 5.77. The van der Waals surface area contributed by atoms with Crippen LogP contribution in [0.25, 0.3) is 22.2 Å². The van der Waals surface area contributed by atoms with Gasteiger partial charge in [0.25, 0.3) is 5.56 Å². The van der Waals surface area contributed by atoms with Crippen molar-refractivity contribution < 1.29 is 14.7 Å². The Morgan fingerprint density at radius 1 is 1.15 bits per heavy atom. The number of hydrogen-bond donors (Lipinski definition) is 2. The maximum atomic E-state index is 12.9. The Hall–Kier alpha value is -2.89. The largest absolute Gasteiger partial charge is 0.506 e. The predicted octanol–water partition coefficient (Wildman–Crippen LogP) is 2.15. The summed E-state index contributed by atoms with van der Waals surface area (Å²) in [5, 5.41) is 20.3. The minimum Gasteiger partial charge on any atom is -0.506 e. The molecule has 3 aromatic rings. The van der Waals surface area contributed by atoms with E-state index in [1.54, 1.807) is 6.07 Å². The molecular formula is C14H9FN2O3. The average molecular weight is 272 g/mol. The van der Waals surface area contributed by atoms with Gasteiger partial charge >= 0.3 is 0 Å². The molecule has 3 rings (SSSR count). The lowest BCUT2D eigenvalue weighted by Crippen LogP contribution is -2.20. The zero-order chi connectivity index (χ0) is 14.3. The van der Waals surface area contributed by atoms with E-state index in [9.17, 15) is 19.5 Å². The second-order valence-electron chi connectivity index (χ2n) is 4.22. The molecule has 0 unspecified atom stereocenters. The Bertz CT molecular complexity index is 857. The predicted molar refractivity (Wildman–Crippen MR) is 70.2 cm³/mol. The average Bonchev–Trinajstić information content (AvgIpc) is 2.47. The fourth-order valence-electron chi connectivity index (χ4n) is 2.07. The molecule has 2 N–H and O–H groups in total. The smallest absolute Gasteiger partial charge is 0.296 e. The molecule has 5 nitrogen and oxygen atoms in total. The lowest BCUT2D eigenvalue weighted by Gasteiger charge is -2.09. The SMILES string of the molecule is O=c1c(-c2ccc(F)cc2)c(O)c2cccnc2n1O. The summed E-state index contributed by atoms with van der Waals surface area (Å²) < 4.78 is 13.3. The molecule has 0 aliphatic carbocycles. The molecule has 0 aliphatic rings. The highest BCUT2D eigenvalue weighted by Crippen LogP contribution is 2.31. The number of aromatic nitrogens is 2. The number of hydrogen-bond acceptors (Lipinski definition) is 4. The van der Waals surface area contributed by atoms with Crippen molar-refractivity contribution >= 4 is 11.0 Å². The summed E-state index contributed by atoms with van der Waals surface area (Å²) in [4.78, 5) is 16.0. The zero-order valence-electron chi connectivity index (χ0n) is 10.1. The summed E-state index contributed by atoms with van der Waals surface area (Å²) in [5.41, 5.74) is -0.656. The molecule has 0 spiro atoms. The van der Waals surface area contributed by atoms with Gasteiger partial charge in [0.15, 0.2) is 5.65 Å². The number of nitrogens with zero attached hydrogens (tertiary/aromatic N) is 2. The van der Waals surface area contributed by atoms with Gasteiger partial charge in [0.2, 0.25) is 0 Å². The van der Waals surface area contributed by atoms with E-state index in [1.807, 2.05) is 0 Å². The monoisotopic (exact) mass is 272 g/mol. The third-order valence-electron chi connectivity index (χ3n) is 3.02. The van der Waals surface area contributed by atoms with Gasteiger partial charge in [0.1, 0.15) is 11.6 Å². The number of fused-ring (bicyclic) bond motifs is 1. The Kier molecular flexibility index (Phi) is 2.64. The van der Waals surface area contributed by atoms with Gasteiger partial charge in [-0.15, -0.1) is 4.73 Å². The Morgan fingerprint density at radius 3 is 2.55 bits per heavy atom. The van der Waals surface area contributed by atoms with Crippen LogP contribution in [0, 0.1) is 5.82 Å². The first-order chi connectivity index (χ1) is 9.59. The number of rotatable bonds is 1. The Balaban J connectivity index is 2.42. The lowest BCUT2D eigenvalue weighted by atomic mass is 10.0. The van der Waals surface area contributed by atoms with Gasteiger partial charge in [-0.3, -0.25) is 4.79 Å². The lowest BCUT2D eigenvalue weighted by molar-refractivity contribution is 0.186. The van der Waals surface area contributed by atoms with Crippen LogP contribution in [0.5, 0.6) is 5.75 Å². The summed E-state index contributed by atoms with van der Waals surface area (Å²) >= 11 is 0. The first kappa shape index (κ1) is 12.2. The highest BCUT2D eigenvalue weighted by molar-refractivity contribution is 5.89. The minimum absolute atomic E-state index is 0.0409. The third kappa shape index (κ3) is 1.70. The summed E-state index contributed by atoms with van der Waals surface area (Å²) in [7, 11) is 0. The van der Waals surface area contributed by atoms with Crippen LogP contribution in [-0.4, -0.2) is 20.0 Å². The van der Waals surface area contributed by atoms with E-state index in [1.165, 1.54) is 36.5 Å². The number of halogens is 1. The standard InChI is InChI=1S/C14H9FN2O3/c15-9-5-3-8(4-6-9)11-12(18)10-2-1-7-16-13(10)17(20)14(11)19/h1-7,18,20H. The van der Waals surface area contributed by atoms with Crippen molar-refractivity contribution in [2.45, 2.75) is 0 Å². The maximum Gasteiger partial charge on any atom is 0.296 e. The second kappa shape index (κ2) is 4.34. The zero-order valence-corrected chi connectivity index (χ0v) is 10.1. The van der Waals surface area contributed by atoms with Crippen LogP contribution >= 0.6 is 0 Å². The fraction of sp³-hybridized carbons (Fsp3) is 0. The van der Waals surface area contributed by atoms with Crippen molar-refractivity contribution in [1.29, 1.82) is 0 Å². The molecule has 0 aliphatic heterocycles. The molecule has 0 bridgehead atoms. The van der Waals surface area contributed by atoms with Crippen LogP contribution in [0.1, 0.15) is 0 Å². The number of benzene rings is 1. The van der Waals surface area contributed by atoms with Crippen LogP contribution in [0.15, 0.2) is 47.4 Å². The molecule has 0 amide bonds. The van der Waals surface area contributed by atoms with Gasteiger partial charge in [-0.1, -0.05) is 12.1 Å². The van der Waals surface area contributed by atoms with E-state index < -0.39 is 11.4 Å². The molecule has 0 radical (unpaired) electrons. The van der Waals surface area contributed by atoms with Gasteiger partial charge in [-0.05, 0) is 29.8 Å². The van der Waals surface area contributed by atoms with Gasteiger partial charge in [-0.25, -0.2) is 9.37 Å². The van der Waals surface area contributed by atoms with Crippen molar-refractivity contribution in [1.82, 2.24) is 9.71 Å². The molecule has 2 heterocycles. The van der Waals surface area contributed by atoms with E-state index in [-0.39, 0.29) is 22.3 Å². The van der Waals surface area contributed by atoms with Crippen molar-refractivity contribution in [3.05, 3.63) is 58.8 Å². The van der Waals surface area contributed by atoms with Gasteiger partial charge in [0.05, 0.1) is 10.9 Å². The second-order valence-corrected chi connectivity index (χ2v) is 4.22. The molecule has 2 aromatic heterocycles. The van der Waals surface area contributed by atoms with Crippen LogP contribution in [0.2, 0.25) is 0 Å². The normalized spacial score (nSPS) is 10.8. The van der Waals surface area contributed by atoms with Crippen molar-refractivity contribution in [2.24, 2.45) is 0 Å². The van der Waals surface area contributed by atoms with Crippen LogP contribution in [0.3, 0.4) is 0 Å². The molecule has 0 saturated heterocycles. The fourth-order valence-corrected chi connectivity index (χ4v) is 2.07. The molecule has 0 fully saturated rings. The highest BCUT2D eigenvalue weighted by atomic mass is 19.1. The quantitative estimate of drug-likeness (QED) is 0.665. The van der Waals surface area contributed by atoms with Crippen molar-refractivity contribution in [3.8, 4) is 16.9 Å². The molecule has 6 heteroatoms. The first-order valence-corrected chi connectivity index (χ1v) is 5.77. The van der Waals surface area contributed by atoms with Crippen molar-refractivity contribution in [2.75, 3.05) is 0 Å². The topological polar surface area (TPSA) is 75.3 Å². The molecule has 20 heavy (non-hydrogen) atoms. The minimum atomic E-state index is -0.819. The molecule has 1 aromatic carbocycles.